The monoisotopic (exact) mass is 282 g/mol. The van der Waals surface area contributed by atoms with Crippen LogP contribution in [0.1, 0.15) is 5.69 Å². The minimum Gasteiger partial charge on any atom is -0.233 e. The summed E-state index contributed by atoms with van der Waals surface area (Å²) in [6.45, 7) is 1.90. The van der Waals surface area contributed by atoms with E-state index in [9.17, 15) is 0 Å². The molecular weight excluding hydrogens is 275 g/mol. The van der Waals surface area contributed by atoms with Crippen LogP contribution in [0.2, 0.25) is 5.15 Å². The molecule has 0 aliphatic carbocycles. The summed E-state index contributed by atoms with van der Waals surface area (Å²) in [5.74, 6) is 0.660. The van der Waals surface area contributed by atoms with Gasteiger partial charge in [0.15, 0.2) is 5.82 Å². The van der Waals surface area contributed by atoms with Crippen molar-refractivity contribution >= 4 is 27.5 Å². The fourth-order valence-electron chi connectivity index (χ4n) is 1.26. The molecule has 0 atom stereocenters. The molecule has 0 radical (unpaired) electrons. The molecule has 0 fully saturated rings. The van der Waals surface area contributed by atoms with Gasteiger partial charge < -0.3 is 0 Å². The zero-order valence-electron chi connectivity index (χ0n) is 8.04. The Morgan fingerprint density at radius 1 is 1.13 bits per heavy atom. The molecule has 1 heterocycles. The van der Waals surface area contributed by atoms with E-state index in [0.29, 0.717) is 11.0 Å². The smallest absolute Gasteiger partial charge is 0.161 e. The van der Waals surface area contributed by atoms with Gasteiger partial charge in [0.25, 0.3) is 0 Å². The zero-order chi connectivity index (χ0) is 10.8. The number of aryl methyl sites for hydroxylation is 1. The van der Waals surface area contributed by atoms with Gasteiger partial charge in [-0.3, -0.25) is 0 Å². The lowest BCUT2D eigenvalue weighted by Crippen LogP contribution is -1.91. The molecule has 2 nitrogen and oxygen atoms in total. The Bertz CT molecular complexity index is 462. The minimum atomic E-state index is 0.473. The van der Waals surface area contributed by atoms with Gasteiger partial charge in [0, 0.05) is 15.7 Å². The van der Waals surface area contributed by atoms with Gasteiger partial charge in [0.1, 0.15) is 5.15 Å². The summed E-state index contributed by atoms with van der Waals surface area (Å²) in [5, 5.41) is 0.473. The lowest BCUT2D eigenvalue weighted by molar-refractivity contribution is 1.11. The van der Waals surface area contributed by atoms with E-state index in [1.807, 2.05) is 31.2 Å². The summed E-state index contributed by atoms with van der Waals surface area (Å²) in [5.41, 5.74) is 1.83. The van der Waals surface area contributed by atoms with Crippen molar-refractivity contribution in [2.45, 2.75) is 6.92 Å². The zero-order valence-corrected chi connectivity index (χ0v) is 10.4. The summed E-state index contributed by atoms with van der Waals surface area (Å²) >= 11 is 9.25. The Morgan fingerprint density at radius 2 is 1.80 bits per heavy atom. The maximum absolute atomic E-state index is 5.87. The largest absolute Gasteiger partial charge is 0.233 e. The molecular formula is C11H8BrClN2. The third-order valence-electron chi connectivity index (χ3n) is 1.93. The van der Waals surface area contributed by atoms with E-state index in [-0.39, 0.29) is 0 Å². The third kappa shape index (κ3) is 2.55. The maximum atomic E-state index is 5.87. The van der Waals surface area contributed by atoms with Crippen LogP contribution < -0.4 is 0 Å². The molecule has 1 aromatic heterocycles. The second-order valence-electron chi connectivity index (χ2n) is 3.16. The average Bonchev–Trinajstić information content (AvgIpc) is 2.17. The Hall–Kier alpha value is -0.930. The van der Waals surface area contributed by atoms with Crippen LogP contribution >= 0.6 is 27.5 Å². The van der Waals surface area contributed by atoms with Crippen LogP contribution in [-0.4, -0.2) is 9.97 Å². The molecule has 4 heteroatoms. The average molecular weight is 284 g/mol. The Kier molecular flexibility index (Phi) is 3.03. The lowest BCUT2D eigenvalue weighted by atomic mass is 10.2. The highest BCUT2D eigenvalue weighted by atomic mass is 79.9. The van der Waals surface area contributed by atoms with Crippen molar-refractivity contribution in [3.05, 3.63) is 45.7 Å². The van der Waals surface area contributed by atoms with Gasteiger partial charge in [-0.25, -0.2) is 9.97 Å². The van der Waals surface area contributed by atoms with Gasteiger partial charge in [-0.2, -0.15) is 0 Å². The van der Waals surface area contributed by atoms with Gasteiger partial charge >= 0.3 is 0 Å². The minimum absolute atomic E-state index is 0.473. The van der Waals surface area contributed by atoms with Gasteiger partial charge in [0.2, 0.25) is 0 Å². The standard InChI is InChI=1S/C11H8BrClN2/c1-7-6-10(13)15-11(14-7)8-2-4-9(12)5-3-8/h2-6H,1H3. The quantitative estimate of drug-likeness (QED) is 0.743. The SMILES string of the molecule is Cc1cc(Cl)nc(-c2ccc(Br)cc2)n1. The van der Waals surface area contributed by atoms with E-state index in [1.54, 1.807) is 6.07 Å². The molecule has 0 saturated carbocycles. The van der Waals surface area contributed by atoms with Crippen molar-refractivity contribution in [2.75, 3.05) is 0 Å². The number of halogens is 2. The van der Waals surface area contributed by atoms with Crippen LogP contribution in [0.25, 0.3) is 11.4 Å². The van der Waals surface area contributed by atoms with Crippen LogP contribution in [0.5, 0.6) is 0 Å². The molecule has 76 valence electrons. The maximum Gasteiger partial charge on any atom is 0.161 e. The van der Waals surface area contributed by atoms with Crippen molar-refractivity contribution < 1.29 is 0 Å². The first kappa shape index (κ1) is 10.6. The first-order chi connectivity index (χ1) is 7.15. The topological polar surface area (TPSA) is 25.8 Å². The highest BCUT2D eigenvalue weighted by Crippen LogP contribution is 2.20. The summed E-state index contributed by atoms with van der Waals surface area (Å²) in [7, 11) is 0. The van der Waals surface area contributed by atoms with Crippen LogP contribution in [0.4, 0.5) is 0 Å². The molecule has 0 spiro atoms. The molecule has 0 bridgehead atoms. The summed E-state index contributed by atoms with van der Waals surface area (Å²) in [6.07, 6.45) is 0. The number of nitrogens with zero attached hydrogens (tertiary/aromatic N) is 2. The van der Waals surface area contributed by atoms with Gasteiger partial charge in [-0.1, -0.05) is 39.7 Å². The highest BCUT2D eigenvalue weighted by Gasteiger charge is 2.03. The number of rotatable bonds is 1. The molecule has 0 N–H and O–H groups in total. The van der Waals surface area contributed by atoms with E-state index >= 15 is 0 Å². The molecule has 0 unspecified atom stereocenters. The van der Waals surface area contributed by atoms with Gasteiger partial charge in [0.05, 0.1) is 0 Å². The molecule has 1 aromatic carbocycles. The normalized spacial score (nSPS) is 10.3. The molecule has 2 rings (SSSR count). The van der Waals surface area contributed by atoms with Gasteiger partial charge in [-0.05, 0) is 25.1 Å². The van der Waals surface area contributed by atoms with E-state index in [1.165, 1.54) is 0 Å². The van der Waals surface area contributed by atoms with Crippen molar-refractivity contribution in [1.29, 1.82) is 0 Å². The lowest BCUT2D eigenvalue weighted by Gasteiger charge is -2.02. The summed E-state index contributed by atoms with van der Waals surface area (Å²) in [4.78, 5) is 8.50. The first-order valence-corrected chi connectivity index (χ1v) is 5.59. The molecule has 0 amide bonds. The number of hydrogen-bond acceptors (Lipinski definition) is 2. The van der Waals surface area contributed by atoms with Crippen LogP contribution in [-0.2, 0) is 0 Å². The molecule has 0 aliphatic heterocycles. The Labute approximate surface area is 101 Å². The van der Waals surface area contributed by atoms with E-state index < -0.39 is 0 Å². The van der Waals surface area contributed by atoms with Crippen molar-refractivity contribution in [2.24, 2.45) is 0 Å². The van der Waals surface area contributed by atoms with E-state index in [0.717, 1.165) is 15.7 Å². The highest BCUT2D eigenvalue weighted by molar-refractivity contribution is 9.10. The molecule has 15 heavy (non-hydrogen) atoms. The second kappa shape index (κ2) is 4.29. The first-order valence-electron chi connectivity index (χ1n) is 4.42. The molecule has 0 aliphatic rings. The summed E-state index contributed by atoms with van der Waals surface area (Å²) < 4.78 is 1.03. The predicted molar refractivity (Wildman–Crippen MR) is 64.9 cm³/mol. The Morgan fingerprint density at radius 3 is 2.40 bits per heavy atom. The van der Waals surface area contributed by atoms with Crippen molar-refractivity contribution in [3.63, 3.8) is 0 Å². The number of aromatic nitrogens is 2. The van der Waals surface area contributed by atoms with Crippen molar-refractivity contribution in [3.8, 4) is 11.4 Å². The van der Waals surface area contributed by atoms with Crippen molar-refractivity contribution in [1.82, 2.24) is 9.97 Å². The summed E-state index contributed by atoms with van der Waals surface area (Å²) in [6, 6.07) is 9.55. The van der Waals surface area contributed by atoms with Gasteiger partial charge in [-0.15, -0.1) is 0 Å². The van der Waals surface area contributed by atoms with Crippen LogP contribution in [0.3, 0.4) is 0 Å². The fourth-order valence-corrected chi connectivity index (χ4v) is 1.76. The Balaban J connectivity index is 2.49. The number of benzene rings is 1. The second-order valence-corrected chi connectivity index (χ2v) is 4.47. The third-order valence-corrected chi connectivity index (χ3v) is 2.65. The molecule has 0 saturated heterocycles. The number of hydrogen-bond donors (Lipinski definition) is 0. The molecule has 2 aromatic rings. The van der Waals surface area contributed by atoms with E-state index in [4.69, 9.17) is 11.6 Å². The van der Waals surface area contributed by atoms with E-state index in [2.05, 4.69) is 25.9 Å². The fraction of sp³-hybridized carbons (Fsp3) is 0.0909. The predicted octanol–water partition coefficient (Wildman–Crippen LogP) is 3.87. The van der Waals surface area contributed by atoms with Crippen LogP contribution in [0.15, 0.2) is 34.8 Å². The van der Waals surface area contributed by atoms with Crippen LogP contribution in [0, 0.1) is 6.92 Å².